The number of nitrogens with zero attached hydrogens (tertiary/aromatic N) is 1. The van der Waals surface area contributed by atoms with E-state index in [0.717, 1.165) is 0 Å². The van der Waals surface area contributed by atoms with Crippen molar-refractivity contribution in [2.45, 2.75) is 0 Å². The number of aromatic nitrogens is 1. The molecule has 2 aromatic carbocycles. The maximum absolute atomic E-state index is 13.7. The Bertz CT molecular complexity index is 876. The second-order valence-corrected chi connectivity index (χ2v) is 5.39. The summed E-state index contributed by atoms with van der Waals surface area (Å²) in [4.78, 5) is 16.7. The summed E-state index contributed by atoms with van der Waals surface area (Å²) in [6.45, 7) is 0.419. The number of benzene rings is 2. The summed E-state index contributed by atoms with van der Waals surface area (Å²) in [5.74, 6) is -0.973. The minimum Gasteiger partial charge on any atom is -0.489 e. The molecule has 1 aromatic heterocycles. The number of H-pyrrole nitrogens is 1. The average Bonchev–Trinajstić information content (AvgIpc) is 3.01. The Labute approximate surface area is 137 Å². The maximum Gasteiger partial charge on any atom is 0.270 e. The van der Waals surface area contributed by atoms with E-state index in [9.17, 15) is 13.6 Å². The van der Waals surface area contributed by atoms with Crippen molar-refractivity contribution in [3.05, 3.63) is 65.9 Å². The number of nitrogens with one attached hydrogen (secondary N) is 1. The topological polar surface area (TPSA) is 45.3 Å². The van der Waals surface area contributed by atoms with Crippen molar-refractivity contribution in [3.8, 4) is 5.75 Å². The number of rotatable bonds is 5. The second-order valence-electron chi connectivity index (χ2n) is 5.39. The molecule has 4 nitrogen and oxygen atoms in total. The van der Waals surface area contributed by atoms with Crippen LogP contribution in [0.25, 0.3) is 10.9 Å². The number of hydrogen-bond donors (Lipinski definition) is 1. The van der Waals surface area contributed by atoms with Crippen molar-refractivity contribution in [1.82, 2.24) is 9.88 Å². The third-order valence-electron chi connectivity index (χ3n) is 3.71. The minimum atomic E-state index is -0.447. The lowest BCUT2D eigenvalue weighted by molar-refractivity contribution is 0.0768. The summed E-state index contributed by atoms with van der Waals surface area (Å²) in [5, 5.41) is 0.372. The van der Waals surface area contributed by atoms with Crippen LogP contribution in [0.15, 0.2) is 48.5 Å². The molecule has 1 amide bonds. The van der Waals surface area contributed by atoms with Gasteiger partial charge < -0.3 is 14.6 Å². The number of hydrogen-bond acceptors (Lipinski definition) is 2. The zero-order valence-corrected chi connectivity index (χ0v) is 13.1. The zero-order valence-electron chi connectivity index (χ0n) is 13.1. The van der Waals surface area contributed by atoms with Gasteiger partial charge in [-0.3, -0.25) is 4.79 Å². The van der Waals surface area contributed by atoms with Crippen molar-refractivity contribution in [1.29, 1.82) is 0 Å². The number of fused-ring (bicyclic) bond motifs is 1. The van der Waals surface area contributed by atoms with Crippen LogP contribution in [0.2, 0.25) is 0 Å². The van der Waals surface area contributed by atoms with Crippen LogP contribution in [-0.4, -0.2) is 36.0 Å². The first-order valence-corrected chi connectivity index (χ1v) is 7.46. The van der Waals surface area contributed by atoms with E-state index in [-0.39, 0.29) is 30.6 Å². The Morgan fingerprint density at radius 2 is 1.88 bits per heavy atom. The highest BCUT2D eigenvalue weighted by molar-refractivity contribution is 5.98. The van der Waals surface area contributed by atoms with E-state index in [0.29, 0.717) is 16.6 Å². The largest absolute Gasteiger partial charge is 0.489 e. The van der Waals surface area contributed by atoms with E-state index in [2.05, 4.69) is 4.98 Å². The van der Waals surface area contributed by atoms with Crippen LogP contribution in [0.3, 0.4) is 0 Å². The number of aromatic amines is 1. The van der Waals surface area contributed by atoms with Crippen LogP contribution < -0.4 is 4.74 Å². The minimum absolute atomic E-state index is 0.144. The Morgan fingerprint density at radius 1 is 1.12 bits per heavy atom. The molecule has 0 bridgehead atoms. The molecule has 24 heavy (non-hydrogen) atoms. The highest BCUT2D eigenvalue weighted by Crippen LogP contribution is 2.19. The van der Waals surface area contributed by atoms with E-state index in [1.165, 1.54) is 29.2 Å². The monoisotopic (exact) mass is 330 g/mol. The molecule has 0 unspecified atom stereocenters. The van der Waals surface area contributed by atoms with Gasteiger partial charge in [-0.1, -0.05) is 18.2 Å². The van der Waals surface area contributed by atoms with Gasteiger partial charge in [0.25, 0.3) is 5.91 Å². The summed E-state index contributed by atoms with van der Waals surface area (Å²) in [6, 6.07) is 12.2. The Hall–Kier alpha value is -2.89. The molecule has 0 radical (unpaired) electrons. The Morgan fingerprint density at radius 3 is 2.62 bits per heavy atom. The molecule has 3 rings (SSSR count). The van der Waals surface area contributed by atoms with Crippen LogP contribution in [0.1, 0.15) is 10.5 Å². The van der Waals surface area contributed by atoms with Gasteiger partial charge in [-0.25, -0.2) is 8.78 Å². The normalized spacial score (nSPS) is 10.8. The second kappa shape index (κ2) is 6.70. The van der Waals surface area contributed by atoms with Gasteiger partial charge in [-0.05, 0) is 30.3 Å². The highest BCUT2D eigenvalue weighted by atomic mass is 19.1. The fraction of sp³-hybridized carbons (Fsp3) is 0.167. The third kappa shape index (κ3) is 3.22. The molecule has 0 fully saturated rings. The fourth-order valence-electron chi connectivity index (χ4n) is 2.39. The molecule has 0 saturated carbocycles. The summed E-state index contributed by atoms with van der Waals surface area (Å²) in [7, 11) is 1.61. The SMILES string of the molecule is CN(CCOc1ccccc1F)C(=O)c1cc2c(F)cccc2[nH]1. The van der Waals surface area contributed by atoms with Gasteiger partial charge in [-0.2, -0.15) is 0 Å². The molecule has 124 valence electrons. The number of amides is 1. The fourth-order valence-corrected chi connectivity index (χ4v) is 2.39. The molecule has 1 N–H and O–H groups in total. The predicted octanol–water partition coefficient (Wildman–Crippen LogP) is 3.60. The molecular weight excluding hydrogens is 314 g/mol. The van der Waals surface area contributed by atoms with Gasteiger partial charge in [0, 0.05) is 18.0 Å². The first-order chi connectivity index (χ1) is 11.6. The quantitative estimate of drug-likeness (QED) is 0.777. The first kappa shape index (κ1) is 16.0. The molecule has 0 atom stereocenters. The smallest absolute Gasteiger partial charge is 0.270 e. The molecule has 6 heteroatoms. The van der Waals surface area contributed by atoms with Gasteiger partial charge in [0.1, 0.15) is 18.1 Å². The molecule has 0 aliphatic carbocycles. The number of ether oxygens (including phenoxy) is 1. The van der Waals surface area contributed by atoms with Gasteiger partial charge in [-0.15, -0.1) is 0 Å². The summed E-state index contributed by atoms with van der Waals surface area (Å²) in [6.07, 6.45) is 0. The molecule has 0 saturated heterocycles. The zero-order chi connectivity index (χ0) is 17.1. The number of carbonyl (C=O) groups is 1. The van der Waals surface area contributed by atoms with Crippen LogP contribution in [0, 0.1) is 11.6 Å². The molecular formula is C18H16F2N2O2. The van der Waals surface area contributed by atoms with Crippen LogP contribution in [-0.2, 0) is 0 Å². The standard InChI is InChI=1S/C18H16F2N2O2/c1-22(9-10-24-17-8-3-2-5-14(17)20)18(23)16-11-12-13(19)6-4-7-15(12)21-16/h2-8,11,21H,9-10H2,1H3. The number of halogens is 2. The molecule has 1 heterocycles. The lowest BCUT2D eigenvalue weighted by atomic mass is 10.2. The predicted molar refractivity (Wildman–Crippen MR) is 87.1 cm³/mol. The Balaban J connectivity index is 1.63. The summed E-state index contributed by atoms with van der Waals surface area (Å²) >= 11 is 0. The molecule has 3 aromatic rings. The maximum atomic E-state index is 13.7. The van der Waals surface area contributed by atoms with Crippen LogP contribution in [0.4, 0.5) is 8.78 Å². The van der Waals surface area contributed by atoms with Crippen molar-refractivity contribution in [2.24, 2.45) is 0 Å². The Kier molecular flexibility index (Phi) is 4.46. The lowest BCUT2D eigenvalue weighted by Gasteiger charge is -2.16. The highest BCUT2D eigenvalue weighted by Gasteiger charge is 2.16. The van der Waals surface area contributed by atoms with Gasteiger partial charge in [0.15, 0.2) is 11.6 Å². The van der Waals surface area contributed by atoms with Crippen molar-refractivity contribution in [2.75, 3.05) is 20.2 Å². The number of carbonyl (C=O) groups excluding carboxylic acids is 1. The number of para-hydroxylation sites is 1. The first-order valence-electron chi connectivity index (χ1n) is 7.46. The van der Waals surface area contributed by atoms with E-state index >= 15 is 0 Å². The van der Waals surface area contributed by atoms with Crippen LogP contribution in [0.5, 0.6) is 5.75 Å². The van der Waals surface area contributed by atoms with Crippen molar-refractivity contribution in [3.63, 3.8) is 0 Å². The van der Waals surface area contributed by atoms with E-state index in [1.54, 1.807) is 31.3 Å². The third-order valence-corrected chi connectivity index (χ3v) is 3.71. The van der Waals surface area contributed by atoms with Crippen molar-refractivity contribution >= 4 is 16.8 Å². The lowest BCUT2D eigenvalue weighted by Crippen LogP contribution is -2.31. The van der Waals surface area contributed by atoms with Crippen LogP contribution >= 0.6 is 0 Å². The van der Waals surface area contributed by atoms with E-state index in [1.807, 2.05) is 0 Å². The van der Waals surface area contributed by atoms with Gasteiger partial charge >= 0.3 is 0 Å². The number of likely N-dealkylation sites (N-methyl/N-ethyl adjacent to an activating group) is 1. The average molecular weight is 330 g/mol. The summed E-state index contributed by atoms with van der Waals surface area (Å²) in [5.41, 5.74) is 0.859. The van der Waals surface area contributed by atoms with E-state index < -0.39 is 5.82 Å². The summed E-state index contributed by atoms with van der Waals surface area (Å²) < 4.78 is 32.5. The van der Waals surface area contributed by atoms with Gasteiger partial charge in [0.05, 0.1) is 6.54 Å². The molecule has 0 aliphatic rings. The van der Waals surface area contributed by atoms with E-state index in [4.69, 9.17) is 4.74 Å². The van der Waals surface area contributed by atoms with Crippen molar-refractivity contribution < 1.29 is 18.3 Å². The van der Waals surface area contributed by atoms with Gasteiger partial charge in [0.2, 0.25) is 0 Å². The molecule has 0 spiro atoms. The molecule has 0 aliphatic heterocycles.